The minimum Gasteiger partial charge on any atom is -0.336 e. The van der Waals surface area contributed by atoms with Gasteiger partial charge in [0, 0.05) is 41.2 Å². The number of carbonyl (C=O) groups excluding carboxylic acids is 1. The normalized spacial score (nSPS) is 15.9. The summed E-state index contributed by atoms with van der Waals surface area (Å²) in [6, 6.07) is 26.4. The Bertz CT molecular complexity index is 952. The number of nitrogens with zero attached hydrogens (tertiary/aromatic N) is 2. The van der Waals surface area contributed by atoms with Gasteiger partial charge in [0.1, 0.15) is 0 Å². The van der Waals surface area contributed by atoms with E-state index < -0.39 is 0 Å². The van der Waals surface area contributed by atoms with Crippen molar-refractivity contribution in [3.05, 3.63) is 105 Å². The summed E-state index contributed by atoms with van der Waals surface area (Å²) in [4.78, 5) is 17.2. The number of rotatable bonds is 4. The summed E-state index contributed by atoms with van der Waals surface area (Å²) >= 11 is 9.48. The lowest BCUT2D eigenvalue weighted by molar-refractivity contribution is 0.0597. The van der Waals surface area contributed by atoms with Gasteiger partial charge in [-0.05, 0) is 47.5 Å². The third kappa shape index (κ3) is 4.72. The average molecular weight is 470 g/mol. The fourth-order valence-corrected chi connectivity index (χ4v) is 4.24. The topological polar surface area (TPSA) is 23.6 Å². The number of carbonyl (C=O) groups is 1. The summed E-state index contributed by atoms with van der Waals surface area (Å²) < 4.78 is 1.08. The Hall–Kier alpha value is -2.14. The number of hydrogen-bond acceptors (Lipinski definition) is 2. The van der Waals surface area contributed by atoms with Crippen molar-refractivity contribution in [1.82, 2.24) is 9.80 Å². The SMILES string of the molecule is O=C(c1ccc(Cl)cc1)N1CCN([C@@H](c2ccccc2)c2ccc(Br)cc2)CC1. The third-order valence-electron chi connectivity index (χ3n) is 5.36. The molecule has 0 bridgehead atoms. The van der Waals surface area contributed by atoms with Crippen LogP contribution in [0.25, 0.3) is 0 Å². The second-order valence-corrected chi connectivity index (χ2v) is 8.55. The van der Waals surface area contributed by atoms with E-state index in [-0.39, 0.29) is 11.9 Å². The maximum absolute atomic E-state index is 12.8. The van der Waals surface area contributed by atoms with Crippen LogP contribution in [-0.4, -0.2) is 41.9 Å². The van der Waals surface area contributed by atoms with Crippen LogP contribution >= 0.6 is 27.5 Å². The molecule has 1 saturated heterocycles. The van der Waals surface area contributed by atoms with Gasteiger partial charge < -0.3 is 4.90 Å². The Morgan fingerprint density at radius 3 is 2.00 bits per heavy atom. The maximum Gasteiger partial charge on any atom is 0.253 e. The molecule has 4 rings (SSSR count). The predicted octanol–water partition coefficient (Wildman–Crippen LogP) is 5.65. The van der Waals surface area contributed by atoms with E-state index in [1.165, 1.54) is 11.1 Å². The Labute approximate surface area is 185 Å². The van der Waals surface area contributed by atoms with Crippen molar-refractivity contribution in [2.75, 3.05) is 26.2 Å². The minimum atomic E-state index is 0.0706. The van der Waals surface area contributed by atoms with Crippen molar-refractivity contribution in [2.24, 2.45) is 0 Å². The second kappa shape index (κ2) is 9.12. The van der Waals surface area contributed by atoms with Gasteiger partial charge in [0.15, 0.2) is 0 Å². The first-order valence-corrected chi connectivity index (χ1v) is 10.9. The number of halogens is 2. The average Bonchev–Trinajstić information content (AvgIpc) is 2.77. The molecule has 1 aliphatic rings. The molecule has 3 nitrogen and oxygen atoms in total. The highest BCUT2D eigenvalue weighted by Gasteiger charge is 2.28. The van der Waals surface area contributed by atoms with Crippen LogP contribution in [0, 0.1) is 0 Å². The lowest BCUT2D eigenvalue weighted by atomic mass is 9.96. The zero-order valence-electron chi connectivity index (χ0n) is 16.0. The fourth-order valence-electron chi connectivity index (χ4n) is 3.85. The molecule has 0 N–H and O–H groups in total. The second-order valence-electron chi connectivity index (χ2n) is 7.20. The first kappa shape index (κ1) is 20.1. The molecule has 1 heterocycles. The van der Waals surface area contributed by atoms with Crippen LogP contribution in [0.2, 0.25) is 5.02 Å². The molecule has 0 radical (unpaired) electrons. The molecule has 29 heavy (non-hydrogen) atoms. The molecular formula is C24H22BrClN2O. The van der Waals surface area contributed by atoms with Gasteiger partial charge in [0.25, 0.3) is 5.91 Å². The summed E-state index contributed by atoms with van der Waals surface area (Å²) in [5.74, 6) is 0.0706. The Morgan fingerprint density at radius 2 is 1.38 bits per heavy atom. The molecule has 1 amide bonds. The van der Waals surface area contributed by atoms with Gasteiger partial charge in [-0.3, -0.25) is 9.69 Å². The molecule has 0 spiro atoms. The van der Waals surface area contributed by atoms with E-state index in [1.807, 2.05) is 11.0 Å². The van der Waals surface area contributed by atoms with Crippen LogP contribution in [-0.2, 0) is 0 Å². The van der Waals surface area contributed by atoms with Gasteiger partial charge in [-0.15, -0.1) is 0 Å². The summed E-state index contributed by atoms with van der Waals surface area (Å²) in [6.07, 6.45) is 0. The number of benzene rings is 3. The maximum atomic E-state index is 12.8. The van der Waals surface area contributed by atoms with E-state index in [0.29, 0.717) is 23.7 Å². The molecule has 0 saturated carbocycles. The smallest absolute Gasteiger partial charge is 0.253 e. The highest BCUT2D eigenvalue weighted by molar-refractivity contribution is 9.10. The highest BCUT2D eigenvalue weighted by Crippen LogP contribution is 2.30. The Kier molecular flexibility index (Phi) is 6.34. The summed E-state index contributed by atoms with van der Waals surface area (Å²) in [6.45, 7) is 3.08. The standard InChI is InChI=1S/C24H22BrClN2O/c25-21-10-6-19(7-11-21)23(18-4-2-1-3-5-18)27-14-16-28(17-15-27)24(29)20-8-12-22(26)13-9-20/h1-13,23H,14-17H2/t23-/m0/s1. The van der Waals surface area contributed by atoms with E-state index >= 15 is 0 Å². The Morgan fingerprint density at radius 1 is 0.793 bits per heavy atom. The lowest BCUT2D eigenvalue weighted by Crippen LogP contribution is -2.49. The lowest BCUT2D eigenvalue weighted by Gasteiger charge is -2.39. The molecule has 148 valence electrons. The van der Waals surface area contributed by atoms with Crippen molar-refractivity contribution in [1.29, 1.82) is 0 Å². The van der Waals surface area contributed by atoms with E-state index in [2.05, 4.69) is 69.4 Å². The quantitative estimate of drug-likeness (QED) is 0.493. The summed E-state index contributed by atoms with van der Waals surface area (Å²) in [5.41, 5.74) is 3.22. The summed E-state index contributed by atoms with van der Waals surface area (Å²) in [5, 5.41) is 0.645. The van der Waals surface area contributed by atoms with Crippen LogP contribution in [0.15, 0.2) is 83.3 Å². The van der Waals surface area contributed by atoms with Crippen molar-refractivity contribution >= 4 is 33.4 Å². The zero-order valence-corrected chi connectivity index (χ0v) is 18.3. The zero-order chi connectivity index (χ0) is 20.2. The molecule has 1 atom stereocenters. The largest absolute Gasteiger partial charge is 0.336 e. The number of hydrogen-bond donors (Lipinski definition) is 0. The highest BCUT2D eigenvalue weighted by atomic mass is 79.9. The first-order chi connectivity index (χ1) is 14.1. The molecule has 3 aromatic carbocycles. The van der Waals surface area contributed by atoms with E-state index in [9.17, 15) is 4.79 Å². The van der Waals surface area contributed by atoms with Crippen LogP contribution in [0.1, 0.15) is 27.5 Å². The third-order valence-corrected chi connectivity index (χ3v) is 6.14. The monoisotopic (exact) mass is 468 g/mol. The molecular weight excluding hydrogens is 448 g/mol. The van der Waals surface area contributed by atoms with Gasteiger partial charge in [-0.25, -0.2) is 0 Å². The molecule has 5 heteroatoms. The molecule has 1 fully saturated rings. The number of piperazine rings is 1. The van der Waals surface area contributed by atoms with Crippen molar-refractivity contribution in [2.45, 2.75) is 6.04 Å². The molecule has 0 aromatic heterocycles. The molecule has 1 aliphatic heterocycles. The van der Waals surface area contributed by atoms with E-state index in [1.54, 1.807) is 24.3 Å². The molecule has 3 aromatic rings. The van der Waals surface area contributed by atoms with Gasteiger partial charge in [-0.1, -0.05) is 70.0 Å². The number of amides is 1. The van der Waals surface area contributed by atoms with Gasteiger partial charge >= 0.3 is 0 Å². The Balaban J connectivity index is 1.51. The van der Waals surface area contributed by atoms with Crippen LogP contribution < -0.4 is 0 Å². The van der Waals surface area contributed by atoms with Crippen LogP contribution in [0.3, 0.4) is 0 Å². The van der Waals surface area contributed by atoms with Crippen molar-refractivity contribution < 1.29 is 4.79 Å². The summed E-state index contributed by atoms with van der Waals surface area (Å²) in [7, 11) is 0. The van der Waals surface area contributed by atoms with Crippen molar-refractivity contribution in [3.63, 3.8) is 0 Å². The van der Waals surface area contributed by atoms with Crippen LogP contribution in [0.4, 0.5) is 0 Å². The molecule has 0 aliphatic carbocycles. The van der Waals surface area contributed by atoms with Gasteiger partial charge in [-0.2, -0.15) is 0 Å². The van der Waals surface area contributed by atoms with Crippen LogP contribution in [0.5, 0.6) is 0 Å². The minimum absolute atomic E-state index is 0.0706. The fraction of sp³-hybridized carbons (Fsp3) is 0.208. The van der Waals surface area contributed by atoms with E-state index in [0.717, 1.165) is 17.6 Å². The van der Waals surface area contributed by atoms with Gasteiger partial charge in [0.2, 0.25) is 0 Å². The molecule has 0 unspecified atom stereocenters. The van der Waals surface area contributed by atoms with Gasteiger partial charge in [0.05, 0.1) is 6.04 Å². The first-order valence-electron chi connectivity index (χ1n) is 9.71. The van der Waals surface area contributed by atoms with Crippen molar-refractivity contribution in [3.8, 4) is 0 Å². The predicted molar refractivity (Wildman–Crippen MR) is 121 cm³/mol. The van der Waals surface area contributed by atoms with E-state index in [4.69, 9.17) is 11.6 Å².